The summed E-state index contributed by atoms with van der Waals surface area (Å²) >= 11 is 1.71. The lowest BCUT2D eigenvalue weighted by molar-refractivity contribution is -0.132. The number of aromatic nitrogens is 4. The first-order valence-corrected chi connectivity index (χ1v) is 7.95. The Hall–Kier alpha value is -1.76. The highest BCUT2D eigenvalue weighted by Gasteiger charge is 2.17. The van der Waals surface area contributed by atoms with Crippen molar-refractivity contribution in [3.63, 3.8) is 0 Å². The van der Waals surface area contributed by atoms with Gasteiger partial charge in [-0.2, -0.15) is 0 Å². The number of hydrogen-bond acceptors (Lipinski definition) is 5. The lowest BCUT2D eigenvalue weighted by Crippen LogP contribution is -2.34. The van der Waals surface area contributed by atoms with Gasteiger partial charge in [0.15, 0.2) is 0 Å². The number of hydrogen-bond donors (Lipinski definition) is 0. The summed E-state index contributed by atoms with van der Waals surface area (Å²) in [6.45, 7) is 8.32. The van der Waals surface area contributed by atoms with E-state index in [9.17, 15) is 4.79 Å². The van der Waals surface area contributed by atoms with Crippen molar-refractivity contribution in [3.8, 4) is 0 Å². The lowest BCUT2D eigenvalue weighted by Gasteiger charge is -2.24. The van der Waals surface area contributed by atoms with Crippen LogP contribution in [-0.4, -0.2) is 37.6 Å². The van der Waals surface area contributed by atoms with Gasteiger partial charge < -0.3 is 4.90 Å². The van der Waals surface area contributed by atoms with Crippen LogP contribution < -0.4 is 0 Å². The fourth-order valence-electron chi connectivity index (χ4n) is 2.09. The van der Waals surface area contributed by atoms with Gasteiger partial charge in [0, 0.05) is 17.8 Å². The van der Waals surface area contributed by atoms with Crippen molar-refractivity contribution in [2.24, 2.45) is 5.92 Å². The molecule has 114 valence electrons. The smallest absolute Gasteiger partial charge is 0.224 e. The molecule has 0 unspecified atom stereocenters. The maximum absolute atomic E-state index is 12.5. The third-order valence-electron chi connectivity index (χ3n) is 3.19. The molecular formula is C14H21N5OS. The van der Waals surface area contributed by atoms with E-state index in [0.717, 1.165) is 6.54 Å². The van der Waals surface area contributed by atoms with E-state index in [-0.39, 0.29) is 5.91 Å². The number of carbonyl (C=O) groups excluding carboxylic acids is 1. The molecular weight excluding hydrogens is 286 g/mol. The van der Waals surface area contributed by atoms with E-state index in [0.29, 0.717) is 25.4 Å². The van der Waals surface area contributed by atoms with E-state index in [1.807, 2.05) is 4.90 Å². The quantitative estimate of drug-likeness (QED) is 0.786. The van der Waals surface area contributed by atoms with Crippen LogP contribution in [0.4, 0.5) is 0 Å². The first-order chi connectivity index (χ1) is 10.1. The molecule has 0 fully saturated rings. The van der Waals surface area contributed by atoms with Crippen molar-refractivity contribution in [2.75, 3.05) is 6.54 Å². The normalized spacial score (nSPS) is 11.0. The second-order valence-electron chi connectivity index (χ2n) is 5.52. The van der Waals surface area contributed by atoms with Crippen LogP contribution in [0.15, 0.2) is 17.8 Å². The van der Waals surface area contributed by atoms with Gasteiger partial charge in [0.25, 0.3) is 0 Å². The lowest BCUT2D eigenvalue weighted by atomic mass is 10.2. The van der Waals surface area contributed by atoms with Gasteiger partial charge in [-0.1, -0.05) is 13.8 Å². The molecule has 0 aliphatic heterocycles. The van der Waals surface area contributed by atoms with Crippen LogP contribution >= 0.6 is 11.3 Å². The van der Waals surface area contributed by atoms with Crippen LogP contribution in [0.3, 0.4) is 0 Å². The standard InChI is InChI=1S/C14H21N5OS/c1-11(2)8-18(9-13-12(3)5-7-21-13)14(20)4-6-19-10-15-16-17-19/h5,7,10-11H,4,6,8-9H2,1-3H3. The van der Waals surface area contributed by atoms with Crippen LogP contribution in [0.25, 0.3) is 0 Å². The van der Waals surface area contributed by atoms with Crippen LogP contribution in [-0.2, 0) is 17.9 Å². The molecule has 0 saturated heterocycles. The number of rotatable bonds is 7. The Morgan fingerprint density at radius 1 is 1.48 bits per heavy atom. The summed E-state index contributed by atoms with van der Waals surface area (Å²) in [6.07, 6.45) is 1.95. The minimum absolute atomic E-state index is 0.145. The molecule has 0 radical (unpaired) electrons. The fourth-order valence-corrected chi connectivity index (χ4v) is 3.01. The minimum Gasteiger partial charge on any atom is -0.337 e. The van der Waals surface area contributed by atoms with E-state index in [2.05, 4.69) is 47.7 Å². The summed E-state index contributed by atoms with van der Waals surface area (Å²) in [7, 11) is 0. The Kier molecular flexibility index (Phi) is 5.44. The van der Waals surface area contributed by atoms with Crippen molar-refractivity contribution in [1.82, 2.24) is 25.1 Å². The Balaban J connectivity index is 1.97. The zero-order valence-electron chi connectivity index (χ0n) is 12.7. The molecule has 0 N–H and O–H groups in total. The molecule has 0 aliphatic carbocycles. The molecule has 2 rings (SSSR count). The molecule has 0 aliphatic rings. The Morgan fingerprint density at radius 3 is 2.86 bits per heavy atom. The highest BCUT2D eigenvalue weighted by Crippen LogP contribution is 2.19. The van der Waals surface area contributed by atoms with Gasteiger partial charge in [-0.3, -0.25) is 4.79 Å². The average molecular weight is 307 g/mol. The Morgan fingerprint density at radius 2 is 2.29 bits per heavy atom. The van der Waals surface area contributed by atoms with E-state index >= 15 is 0 Å². The van der Waals surface area contributed by atoms with Crippen LogP contribution in [0.5, 0.6) is 0 Å². The van der Waals surface area contributed by atoms with Gasteiger partial charge in [0.05, 0.1) is 13.1 Å². The van der Waals surface area contributed by atoms with Crippen molar-refractivity contribution in [3.05, 3.63) is 28.2 Å². The van der Waals surface area contributed by atoms with Gasteiger partial charge in [-0.05, 0) is 40.3 Å². The summed E-state index contributed by atoms with van der Waals surface area (Å²) < 4.78 is 1.59. The topological polar surface area (TPSA) is 63.9 Å². The summed E-state index contributed by atoms with van der Waals surface area (Å²) in [5.41, 5.74) is 1.25. The molecule has 6 nitrogen and oxygen atoms in total. The average Bonchev–Trinajstić information content (AvgIpc) is 3.07. The first kappa shape index (κ1) is 15.6. The van der Waals surface area contributed by atoms with Crippen molar-refractivity contribution in [2.45, 2.75) is 40.3 Å². The zero-order valence-corrected chi connectivity index (χ0v) is 13.5. The second-order valence-corrected chi connectivity index (χ2v) is 6.52. The molecule has 2 heterocycles. The third kappa shape index (κ3) is 4.63. The zero-order chi connectivity index (χ0) is 15.2. The maximum atomic E-state index is 12.5. The van der Waals surface area contributed by atoms with Gasteiger partial charge in [-0.25, -0.2) is 4.68 Å². The number of thiophene rings is 1. The van der Waals surface area contributed by atoms with Crippen LogP contribution in [0.2, 0.25) is 0 Å². The van der Waals surface area contributed by atoms with E-state index in [4.69, 9.17) is 0 Å². The predicted molar refractivity (Wildman–Crippen MR) is 81.7 cm³/mol. The summed E-state index contributed by atoms with van der Waals surface area (Å²) in [5, 5.41) is 13.0. The monoisotopic (exact) mass is 307 g/mol. The molecule has 7 heteroatoms. The molecule has 0 bridgehead atoms. The summed E-state index contributed by atoms with van der Waals surface area (Å²) in [6, 6.07) is 2.10. The molecule has 0 atom stereocenters. The van der Waals surface area contributed by atoms with Crippen molar-refractivity contribution in [1.29, 1.82) is 0 Å². The molecule has 0 aromatic carbocycles. The van der Waals surface area contributed by atoms with Gasteiger partial charge in [0.2, 0.25) is 5.91 Å². The molecule has 2 aromatic heterocycles. The van der Waals surface area contributed by atoms with Gasteiger partial charge in [0.1, 0.15) is 6.33 Å². The highest BCUT2D eigenvalue weighted by molar-refractivity contribution is 7.10. The number of nitrogens with zero attached hydrogens (tertiary/aromatic N) is 5. The van der Waals surface area contributed by atoms with Gasteiger partial charge in [-0.15, -0.1) is 16.4 Å². The van der Waals surface area contributed by atoms with Gasteiger partial charge >= 0.3 is 0 Å². The SMILES string of the molecule is Cc1ccsc1CN(CC(C)C)C(=O)CCn1cnnn1. The molecule has 2 aromatic rings. The third-order valence-corrected chi connectivity index (χ3v) is 4.19. The molecule has 0 spiro atoms. The Labute approximate surface area is 128 Å². The van der Waals surface area contributed by atoms with Crippen LogP contribution in [0.1, 0.15) is 30.7 Å². The molecule has 21 heavy (non-hydrogen) atoms. The summed E-state index contributed by atoms with van der Waals surface area (Å²) in [5.74, 6) is 0.592. The molecule has 0 saturated carbocycles. The second kappa shape index (κ2) is 7.31. The van der Waals surface area contributed by atoms with E-state index in [1.165, 1.54) is 16.8 Å². The van der Waals surface area contributed by atoms with E-state index in [1.54, 1.807) is 16.0 Å². The maximum Gasteiger partial charge on any atom is 0.224 e. The number of aryl methyl sites for hydroxylation is 2. The number of tetrazole rings is 1. The minimum atomic E-state index is 0.145. The highest BCUT2D eigenvalue weighted by atomic mass is 32.1. The van der Waals surface area contributed by atoms with Crippen molar-refractivity contribution >= 4 is 17.2 Å². The number of amides is 1. The number of carbonyl (C=O) groups is 1. The predicted octanol–water partition coefficient (Wildman–Crippen LogP) is 2.12. The summed E-state index contributed by atoms with van der Waals surface area (Å²) in [4.78, 5) is 15.7. The Bertz CT molecular complexity index is 564. The van der Waals surface area contributed by atoms with Crippen LogP contribution in [0, 0.1) is 12.8 Å². The largest absolute Gasteiger partial charge is 0.337 e. The first-order valence-electron chi connectivity index (χ1n) is 7.07. The molecule has 1 amide bonds. The van der Waals surface area contributed by atoms with Crippen molar-refractivity contribution < 1.29 is 4.79 Å². The van der Waals surface area contributed by atoms with E-state index < -0.39 is 0 Å². The fraction of sp³-hybridized carbons (Fsp3) is 0.571.